The predicted molar refractivity (Wildman–Crippen MR) is 61.1 cm³/mol. The molecular formula is C8H12N2O3S2. The number of nitrogens with one attached hydrogen (secondary N) is 1. The molecule has 0 bridgehead atoms. The summed E-state index contributed by atoms with van der Waals surface area (Å²) in [6.07, 6.45) is 0. The Hall–Kier alpha value is -0.950. The van der Waals surface area contributed by atoms with Gasteiger partial charge < -0.3 is 10.4 Å². The second kappa shape index (κ2) is 5.82. The summed E-state index contributed by atoms with van der Waals surface area (Å²) in [5.74, 6) is 0.0965. The molecule has 2 N–H and O–H groups in total. The lowest BCUT2D eigenvalue weighted by Crippen LogP contribution is -2.13. The van der Waals surface area contributed by atoms with E-state index in [4.69, 9.17) is 5.11 Å². The minimum atomic E-state index is -1.05. The number of aromatic nitrogens is 1. The maximum atomic E-state index is 11.1. The van der Waals surface area contributed by atoms with Crippen molar-refractivity contribution in [1.29, 1.82) is 0 Å². The molecule has 1 atom stereocenters. The van der Waals surface area contributed by atoms with Crippen molar-refractivity contribution >= 4 is 33.1 Å². The van der Waals surface area contributed by atoms with E-state index in [1.807, 2.05) is 6.92 Å². The van der Waals surface area contributed by atoms with Gasteiger partial charge in [-0.1, -0.05) is 6.92 Å². The fourth-order valence-corrected chi connectivity index (χ4v) is 2.27. The van der Waals surface area contributed by atoms with Crippen molar-refractivity contribution < 1.29 is 14.1 Å². The van der Waals surface area contributed by atoms with Crippen molar-refractivity contribution in [1.82, 2.24) is 4.98 Å². The minimum absolute atomic E-state index is 0.0299. The van der Waals surface area contributed by atoms with Crippen LogP contribution in [0.5, 0.6) is 0 Å². The van der Waals surface area contributed by atoms with E-state index in [1.165, 1.54) is 16.8 Å². The van der Waals surface area contributed by atoms with Crippen LogP contribution in [0.2, 0.25) is 0 Å². The summed E-state index contributed by atoms with van der Waals surface area (Å²) in [6.45, 7) is 2.36. The molecule has 1 aromatic rings. The Labute approximate surface area is 94.0 Å². The molecule has 0 aromatic carbocycles. The molecule has 84 valence electrons. The average Bonchev–Trinajstić information content (AvgIpc) is 2.65. The van der Waals surface area contributed by atoms with Crippen LogP contribution in [-0.4, -0.2) is 38.3 Å². The molecule has 0 saturated heterocycles. The number of carbonyl (C=O) groups is 1. The average molecular weight is 248 g/mol. The molecule has 15 heavy (non-hydrogen) atoms. The van der Waals surface area contributed by atoms with E-state index in [2.05, 4.69) is 10.3 Å². The molecule has 7 heteroatoms. The van der Waals surface area contributed by atoms with E-state index in [0.717, 1.165) is 0 Å². The van der Waals surface area contributed by atoms with Gasteiger partial charge in [0.05, 0.1) is 5.51 Å². The summed E-state index contributed by atoms with van der Waals surface area (Å²) in [5.41, 5.74) is 1.50. The zero-order valence-corrected chi connectivity index (χ0v) is 9.86. The van der Waals surface area contributed by atoms with Crippen LogP contribution in [0.25, 0.3) is 0 Å². The van der Waals surface area contributed by atoms with Crippen LogP contribution in [0.15, 0.2) is 5.51 Å². The van der Waals surface area contributed by atoms with Crippen molar-refractivity contribution in [3.05, 3.63) is 11.2 Å². The maximum Gasteiger partial charge on any atom is 0.357 e. The van der Waals surface area contributed by atoms with Gasteiger partial charge >= 0.3 is 5.97 Å². The number of rotatable bonds is 6. The van der Waals surface area contributed by atoms with Crippen molar-refractivity contribution in [2.24, 2.45) is 0 Å². The van der Waals surface area contributed by atoms with Gasteiger partial charge in [0.15, 0.2) is 5.69 Å². The van der Waals surface area contributed by atoms with Crippen molar-refractivity contribution in [3.8, 4) is 0 Å². The fourth-order valence-electron chi connectivity index (χ4n) is 0.947. The fraction of sp³-hybridized carbons (Fsp3) is 0.500. The Kier molecular flexibility index (Phi) is 4.70. The summed E-state index contributed by atoms with van der Waals surface area (Å²) >= 11 is 1.24. The van der Waals surface area contributed by atoms with Crippen LogP contribution >= 0.6 is 11.3 Å². The first-order valence-corrected chi connectivity index (χ1v) is 6.77. The third-order valence-corrected chi connectivity index (χ3v) is 3.79. The van der Waals surface area contributed by atoms with E-state index >= 15 is 0 Å². The van der Waals surface area contributed by atoms with E-state index in [-0.39, 0.29) is 5.69 Å². The van der Waals surface area contributed by atoms with Gasteiger partial charge in [-0.25, -0.2) is 9.78 Å². The zero-order valence-electron chi connectivity index (χ0n) is 8.23. The highest BCUT2D eigenvalue weighted by Gasteiger charge is 2.12. The molecule has 1 aromatic heterocycles. The lowest BCUT2D eigenvalue weighted by molar-refractivity contribution is 0.0692. The van der Waals surface area contributed by atoms with Gasteiger partial charge in [0, 0.05) is 28.9 Å². The monoisotopic (exact) mass is 248 g/mol. The maximum absolute atomic E-state index is 11.1. The Bertz CT molecular complexity index is 365. The first kappa shape index (κ1) is 12.1. The molecule has 1 unspecified atom stereocenters. The van der Waals surface area contributed by atoms with Gasteiger partial charge in [0.1, 0.15) is 5.00 Å². The van der Waals surface area contributed by atoms with Gasteiger partial charge in [-0.15, -0.1) is 11.3 Å². The third kappa shape index (κ3) is 3.60. The number of hydrogen-bond acceptors (Lipinski definition) is 5. The zero-order chi connectivity index (χ0) is 11.3. The van der Waals surface area contributed by atoms with Gasteiger partial charge in [0.25, 0.3) is 0 Å². The Balaban J connectivity index is 2.47. The number of aromatic carboxylic acids is 1. The summed E-state index contributed by atoms with van der Waals surface area (Å²) in [7, 11) is -0.832. The van der Waals surface area contributed by atoms with E-state index in [9.17, 15) is 9.00 Å². The molecule has 0 saturated carbocycles. The Morgan fingerprint density at radius 3 is 3.07 bits per heavy atom. The molecular weight excluding hydrogens is 236 g/mol. The Morgan fingerprint density at radius 2 is 2.47 bits per heavy atom. The summed E-state index contributed by atoms with van der Waals surface area (Å²) < 4.78 is 11.1. The van der Waals surface area contributed by atoms with Gasteiger partial charge in [0.2, 0.25) is 0 Å². The molecule has 1 heterocycles. The van der Waals surface area contributed by atoms with Gasteiger partial charge in [-0.05, 0) is 0 Å². The molecule has 0 aliphatic heterocycles. The highest BCUT2D eigenvalue weighted by molar-refractivity contribution is 7.84. The van der Waals surface area contributed by atoms with E-state index in [1.54, 1.807) is 0 Å². The second-order valence-electron chi connectivity index (χ2n) is 2.69. The summed E-state index contributed by atoms with van der Waals surface area (Å²) in [6, 6.07) is 0. The number of carboxylic acid groups (broad SMARTS) is 1. The van der Waals surface area contributed by atoms with Crippen LogP contribution in [0.1, 0.15) is 17.4 Å². The highest BCUT2D eigenvalue weighted by atomic mass is 32.2. The first-order chi connectivity index (χ1) is 7.15. The molecule has 0 aliphatic carbocycles. The van der Waals surface area contributed by atoms with E-state index < -0.39 is 16.8 Å². The normalized spacial score (nSPS) is 12.3. The Morgan fingerprint density at radius 1 is 1.73 bits per heavy atom. The van der Waals surface area contributed by atoms with Crippen LogP contribution < -0.4 is 5.32 Å². The largest absolute Gasteiger partial charge is 0.476 e. The summed E-state index contributed by atoms with van der Waals surface area (Å²) in [4.78, 5) is 14.4. The lowest BCUT2D eigenvalue weighted by Gasteiger charge is -2.03. The second-order valence-corrected chi connectivity index (χ2v) is 5.41. The quantitative estimate of drug-likeness (QED) is 0.785. The van der Waals surface area contributed by atoms with Gasteiger partial charge in [-0.3, -0.25) is 4.21 Å². The molecule has 0 radical (unpaired) electrons. The molecule has 0 aliphatic rings. The first-order valence-electron chi connectivity index (χ1n) is 4.40. The molecule has 0 amide bonds. The van der Waals surface area contributed by atoms with Crippen LogP contribution in [0.3, 0.4) is 0 Å². The van der Waals surface area contributed by atoms with E-state index in [0.29, 0.717) is 23.1 Å². The topological polar surface area (TPSA) is 79.3 Å². The molecule has 1 rings (SSSR count). The van der Waals surface area contributed by atoms with Crippen LogP contribution in [0, 0.1) is 0 Å². The number of anilines is 1. The van der Waals surface area contributed by atoms with Crippen molar-refractivity contribution in [2.45, 2.75) is 6.92 Å². The van der Waals surface area contributed by atoms with Crippen LogP contribution in [-0.2, 0) is 10.8 Å². The van der Waals surface area contributed by atoms with Gasteiger partial charge in [-0.2, -0.15) is 0 Å². The SMILES string of the molecule is CCS(=O)CCNc1scnc1C(=O)O. The predicted octanol–water partition coefficient (Wildman–Crippen LogP) is 1.02. The van der Waals surface area contributed by atoms with Crippen LogP contribution in [0.4, 0.5) is 5.00 Å². The number of carboxylic acids is 1. The highest BCUT2D eigenvalue weighted by Crippen LogP contribution is 2.19. The molecule has 5 nitrogen and oxygen atoms in total. The minimum Gasteiger partial charge on any atom is -0.476 e. The number of thiazole rings is 1. The lowest BCUT2D eigenvalue weighted by atomic mass is 10.4. The standard InChI is InChI=1S/C8H12N2O3S2/c1-2-15(13)4-3-9-7-6(8(11)12)10-5-14-7/h5,9H,2-4H2,1H3,(H,11,12). The number of hydrogen-bond donors (Lipinski definition) is 2. The molecule has 0 spiro atoms. The summed E-state index contributed by atoms with van der Waals surface area (Å²) in [5, 5.41) is 12.2. The molecule has 0 fully saturated rings. The smallest absolute Gasteiger partial charge is 0.357 e. The van der Waals surface area contributed by atoms with Crippen molar-refractivity contribution in [2.75, 3.05) is 23.4 Å². The third-order valence-electron chi connectivity index (χ3n) is 1.71. The number of nitrogens with zero attached hydrogens (tertiary/aromatic N) is 1. The van der Waals surface area contributed by atoms with Crippen molar-refractivity contribution in [3.63, 3.8) is 0 Å².